The number of benzene rings is 2. The summed E-state index contributed by atoms with van der Waals surface area (Å²) in [6, 6.07) is 11.3. The second kappa shape index (κ2) is 6.36. The molecule has 5 heteroatoms. The van der Waals surface area contributed by atoms with E-state index in [0.717, 1.165) is 11.3 Å². The van der Waals surface area contributed by atoms with Crippen molar-refractivity contribution in [2.24, 2.45) is 5.92 Å². The first-order valence-electron chi connectivity index (χ1n) is 6.94. The Bertz CT molecular complexity index is 702. The Morgan fingerprint density at radius 2 is 2.18 bits per heavy atom. The molecule has 2 aromatic carbocycles. The lowest BCUT2D eigenvalue weighted by Crippen LogP contribution is -2.29. The van der Waals surface area contributed by atoms with Crippen LogP contribution in [0.4, 0.5) is 4.39 Å². The third kappa shape index (κ3) is 3.39. The number of rotatable bonds is 3. The summed E-state index contributed by atoms with van der Waals surface area (Å²) >= 11 is 5.95. The van der Waals surface area contributed by atoms with Crippen LogP contribution in [-0.2, 0) is 22.6 Å². The standard InChI is InChI=1S/C17H14ClFO3/c18-14-4-5-16-12(8-14)7-13(10-21-16)17(20)22-9-11-2-1-3-15(19)6-11/h1-6,8,13H,7,9-10H2/t13-/m0/s1. The van der Waals surface area contributed by atoms with Gasteiger partial charge < -0.3 is 9.47 Å². The van der Waals surface area contributed by atoms with E-state index < -0.39 is 0 Å². The number of carbonyl (C=O) groups is 1. The highest BCUT2D eigenvalue weighted by Gasteiger charge is 2.27. The van der Waals surface area contributed by atoms with Gasteiger partial charge in [0.25, 0.3) is 0 Å². The first-order chi connectivity index (χ1) is 10.6. The predicted octanol–water partition coefficient (Wildman–Crippen LogP) is 3.77. The van der Waals surface area contributed by atoms with Crippen molar-refractivity contribution in [3.05, 3.63) is 64.4 Å². The van der Waals surface area contributed by atoms with Crippen LogP contribution in [0.1, 0.15) is 11.1 Å². The molecule has 1 aliphatic heterocycles. The zero-order valence-corrected chi connectivity index (χ0v) is 12.5. The highest BCUT2D eigenvalue weighted by Crippen LogP contribution is 2.30. The summed E-state index contributed by atoms with van der Waals surface area (Å²) in [5, 5.41) is 0.608. The van der Waals surface area contributed by atoms with Gasteiger partial charge in [-0.15, -0.1) is 0 Å². The molecule has 0 saturated carbocycles. The fourth-order valence-electron chi connectivity index (χ4n) is 2.41. The molecule has 22 heavy (non-hydrogen) atoms. The monoisotopic (exact) mass is 320 g/mol. The van der Waals surface area contributed by atoms with Gasteiger partial charge in [-0.25, -0.2) is 4.39 Å². The van der Waals surface area contributed by atoms with Gasteiger partial charge in [-0.3, -0.25) is 4.79 Å². The molecule has 0 amide bonds. The van der Waals surface area contributed by atoms with Gasteiger partial charge in [0.15, 0.2) is 0 Å². The molecule has 0 aromatic heterocycles. The molecule has 1 atom stereocenters. The van der Waals surface area contributed by atoms with E-state index in [4.69, 9.17) is 21.1 Å². The molecule has 1 heterocycles. The third-order valence-corrected chi connectivity index (χ3v) is 3.77. The molecule has 2 aromatic rings. The Hall–Kier alpha value is -2.07. The van der Waals surface area contributed by atoms with E-state index in [1.807, 2.05) is 0 Å². The molecule has 0 spiro atoms. The third-order valence-electron chi connectivity index (χ3n) is 3.53. The number of esters is 1. The molecular formula is C17H14ClFO3. The lowest BCUT2D eigenvalue weighted by atomic mass is 9.97. The van der Waals surface area contributed by atoms with E-state index >= 15 is 0 Å². The Balaban J connectivity index is 1.62. The van der Waals surface area contributed by atoms with E-state index in [9.17, 15) is 9.18 Å². The summed E-state index contributed by atoms with van der Waals surface area (Å²) in [4.78, 5) is 12.1. The van der Waals surface area contributed by atoms with Crippen molar-refractivity contribution >= 4 is 17.6 Å². The summed E-state index contributed by atoms with van der Waals surface area (Å²) in [6.45, 7) is 0.326. The molecule has 0 fully saturated rings. The van der Waals surface area contributed by atoms with Crippen molar-refractivity contribution < 1.29 is 18.7 Å². The van der Waals surface area contributed by atoms with Crippen molar-refractivity contribution in [1.29, 1.82) is 0 Å². The number of halogens is 2. The molecule has 0 bridgehead atoms. The second-order valence-corrected chi connectivity index (χ2v) is 5.64. The van der Waals surface area contributed by atoms with Gasteiger partial charge in [-0.2, -0.15) is 0 Å². The molecule has 3 rings (SSSR count). The van der Waals surface area contributed by atoms with Gasteiger partial charge in [-0.1, -0.05) is 23.7 Å². The lowest BCUT2D eigenvalue weighted by Gasteiger charge is -2.24. The average Bonchev–Trinajstić information content (AvgIpc) is 2.52. The molecule has 3 nitrogen and oxygen atoms in total. The summed E-state index contributed by atoms with van der Waals surface area (Å²) in [7, 11) is 0. The molecule has 0 unspecified atom stereocenters. The van der Waals surface area contributed by atoms with E-state index in [2.05, 4.69) is 0 Å². The Morgan fingerprint density at radius 1 is 1.32 bits per heavy atom. The van der Waals surface area contributed by atoms with Crippen molar-refractivity contribution in [2.75, 3.05) is 6.61 Å². The minimum atomic E-state index is -0.375. The van der Waals surface area contributed by atoms with Crippen LogP contribution in [0, 0.1) is 11.7 Å². The number of hydrogen-bond acceptors (Lipinski definition) is 3. The number of fused-ring (bicyclic) bond motifs is 1. The summed E-state index contributed by atoms with van der Waals surface area (Å²) < 4.78 is 23.9. The summed E-state index contributed by atoms with van der Waals surface area (Å²) in [5.41, 5.74) is 1.51. The Kier molecular flexibility index (Phi) is 4.29. The van der Waals surface area contributed by atoms with Gasteiger partial charge >= 0.3 is 5.97 Å². The SMILES string of the molecule is O=C(OCc1cccc(F)c1)[C@@H]1COc2ccc(Cl)cc2C1. The van der Waals surface area contributed by atoms with E-state index in [0.29, 0.717) is 17.0 Å². The van der Waals surface area contributed by atoms with Crippen LogP contribution in [0.15, 0.2) is 42.5 Å². The number of hydrogen-bond donors (Lipinski definition) is 0. The molecule has 0 saturated heterocycles. The van der Waals surface area contributed by atoms with Crippen LogP contribution in [-0.4, -0.2) is 12.6 Å². The molecule has 0 aliphatic carbocycles. The molecular weight excluding hydrogens is 307 g/mol. The first-order valence-corrected chi connectivity index (χ1v) is 7.32. The van der Waals surface area contributed by atoms with Crippen LogP contribution < -0.4 is 4.74 Å². The average molecular weight is 321 g/mol. The van der Waals surface area contributed by atoms with E-state index in [-0.39, 0.29) is 30.9 Å². The number of carbonyl (C=O) groups excluding carboxylic acids is 1. The minimum absolute atomic E-state index is 0.0511. The first kappa shape index (κ1) is 14.9. The predicted molar refractivity (Wildman–Crippen MR) is 80.3 cm³/mol. The molecule has 0 radical (unpaired) electrons. The smallest absolute Gasteiger partial charge is 0.313 e. The van der Waals surface area contributed by atoms with Crippen molar-refractivity contribution in [3.63, 3.8) is 0 Å². The minimum Gasteiger partial charge on any atom is -0.492 e. The van der Waals surface area contributed by atoms with Crippen LogP contribution in [0.3, 0.4) is 0 Å². The maximum Gasteiger partial charge on any atom is 0.313 e. The van der Waals surface area contributed by atoms with Crippen molar-refractivity contribution in [2.45, 2.75) is 13.0 Å². The quantitative estimate of drug-likeness (QED) is 0.808. The highest BCUT2D eigenvalue weighted by molar-refractivity contribution is 6.30. The van der Waals surface area contributed by atoms with Crippen LogP contribution >= 0.6 is 11.6 Å². The fraction of sp³-hybridized carbons (Fsp3) is 0.235. The summed E-state index contributed by atoms with van der Waals surface area (Å²) in [6.07, 6.45) is 0.526. The fourth-order valence-corrected chi connectivity index (χ4v) is 2.61. The van der Waals surface area contributed by atoms with Gasteiger partial charge in [0, 0.05) is 5.02 Å². The maximum absolute atomic E-state index is 13.1. The van der Waals surface area contributed by atoms with Gasteiger partial charge in [0.2, 0.25) is 0 Å². The van der Waals surface area contributed by atoms with Gasteiger partial charge in [-0.05, 0) is 47.9 Å². The Labute approximate surface area is 132 Å². The van der Waals surface area contributed by atoms with Crippen molar-refractivity contribution in [3.8, 4) is 5.75 Å². The Morgan fingerprint density at radius 3 is 3.00 bits per heavy atom. The van der Waals surface area contributed by atoms with Crippen LogP contribution in [0.2, 0.25) is 5.02 Å². The normalized spacial score (nSPS) is 16.5. The topological polar surface area (TPSA) is 35.5 Å². The highest BCUT2D eigenvalue weighted by atomic mass is 35.5. The zero-order chi connectivity index (χ0) is 15.5. The van der Waals surface area contributed by atoms with Crippen molar-refractivity contribution in [1.82, 2.24) is 0 Å². The molecule has 0 N–H and O–H groups in total. The second-order valence-electron chi connectivity index (χ2n) is 5.20. The lowest BCUT2D eigenvalue weighted by molar-refractivity contribution is -0.151. The van der Waals surface area contributed by atoms with Gasteiger partial charge in [0.05, 0.1) is 5.92 Å². The maximum atomic E-state index is 13.1. The molecule has 114 valence electrons. The molecule has 1 aliphatic rings. The van der Waals surface area contributed by atoms with Gasteiger partial charge in [0.1, 0.15) is 24.8 Å². The van der Waals surface area contributed by atoms with E-state index in [1.165, 1.54) is 12.1 Å². The number of ether oxygens (including phenoxy) is 2. The van der Waals surface area contributed by atoms with Crippen LogP contribution in [0.25, 0.3) is 0 Å². The zero-order valence-electron chi connectivity index (χ0n) is 11.7. The largest absolute Gasteiger partial charge is 0.492 e. The van der Waals surface area contributed by atoms with Crippen LogP contribution in [0.5, 0.6) is 5.75 Å². The van der Waals surface area contributed by atoms with E-state index in [1.54, 1.807) is 30.3 Å². The summed E-state index contributed by atoms with van der Waals surface area (Å²) in [5.74, 6) is -0.328.